The molecule has 3 heterocycles. The first-order valence-corrected chi connectivity index (χ1v) is 5.65. The van der Waals surface area contributed by atoms with Gasteiger partial charge in [-0.05, 0) is 12.1 Å². The maximum atomic E-state index is 11.9. The summed E-state index contributed by atoms with van der Waals surface area (Å²) in [5.74, 6) is 0.585. The zero-order valence-corrected chi connectivity index (χ0v) is 9.89. The Morgan fingerprint density at radius 1 is 1.33 bits per heavy atom. The lowest BCUT2D eigenvalue weighted by molar-refractivity contribution is -0.123. The fourth-order valence-corrected chi connectivity index (χ4v) is 1.87. The Morgan fingerprint density at radius 2 is 2.11 bits per heavy atom. The van der Waals surface area contributed by atoms with Crippen LogP contribution >= 0.6 is 11.6 Å². The molecular formula is C12H8ClN3O2. The van der Waals surface area contributed by atoms with Crippen molar-refractivity contribution < 1.29 is 9.53 Å². The van der Waals surface area contributed by atoms with Crippen LogP contribution in [-0.4, -0.2) is 15.9 Å². The van der Waals surface area contributed by atoms with Gasteiger partial charge in [0.05, 0.1) is 5.02 Å². The number of hydrogen-bond acceptors (Lipinski definition) is 4. The van der Waals surface area contributed by atoms with E-state index >= 15 is 0 Å². The Morgan fingerprint density at radius 3 is 2.89 bits per heavy atom. The van der Waals surface area contributed by atoms with Crippen LogP contribution in [0.1, 0.15) is 11.7 Å². The molecule has 2 aromatic heterocycles. The first kappa shape index (κ1) is 11.0. The molecule has 1 atom stereocenters. The number of nitrogens with one attached hydrogen (secondary N) is 1. The van der Waals surface area contributed by atoms with E-state index < -0.39 is 6.10 Å². The monoisotopic (exact) mass is 261 g/mol. The number of aromatic nitrogens is 2. The molecule has 1 amide bonds. The number of rotatable bonds is 1. The molecule has 0 radical (unpaired) electrons. The standard InChI is InChI=1S/C12H8ClN3O2/c13-8-5-9-11(15-6-8)16-12(17)10(18-9)7-1-3-14-4-2-7/h1-6,10H,(H,15,16,17). The Labute approximate surface area is 108 Å². The minimum atomic E-state index is -0.708. The van der Waals surface area contributed by atoms with E-state index in [2.05, 4.69) is 15.3 Å². The second-order valence-corrected chi connectivity index (χ2v) is 4.20. The lowest BCUT2D eigenvalue weighted by atomic mass is 10.1. The van der Waals surface area contributed by atoms with Crippen LogP contribution in [0.2, 0.25) is 5.02 Å². The summed E-state index contributed by atoms with van der Waals surface area (Å²) in [5, 5.41) is 3.14. The van der Waals surface area contributed by atoms with Crippen molar-refractivity contribution in [1.29, 1.82) is 0 Å². The van der Waals surface area contributed by atoms with E-state index in [1.54, 1.807) is 30.6 Å². The van der Waals surface area contributed by atoms with Gasteiger partial charge < -0.3 is 10.1 Å². The minimum Gasteiger partial charge on any atom is -0.472 e. The Balaban J connectivity index is 1.99. The Bertz CT molecular complexity index is 604. The van der Waals surface area contributed by atoms with Crippen molar-refractivity contribution in [3.63, 3.8) is 0 Å². The predicted octanol–water partition coefficient (Wildman–Crippen LogP) is 2.20. The highest BCUT2D eigenvalue weighted by molar-refractivity contribution is 6.30. The average molecular weight is 262 g/mol. The number of pyridine rings is 2. The third-order valence-corrected chi connectivity index (χ3v) is 2.76. The summed E-state index contributed by atoms with van der Waals surface area (Å²) in [4.78, 5) is 19.8. The van der Waals surface area contributed by atoms with Gasteiger partial charge in [-0.1, -0.05) is 11.6 Å². The molecule has 0 bridgehead atoms. The topological polar surface area (TPSA) is 64.1 Å². The van der Waals surface area contributed by atoms with Crippen LogP contribution in [0.3, 0.4) is 0 Å². The fraction of sp³-hybridized carbons (Fsp3) is 0.0833. The molecule has 6 heteroatoms. The highest BCUT2D eigenvalue weighted by atomic mass is 35.5. The molecule has 0 spiro atoms. The normalized spacial score (nSPS) is 17.6. The van der Waals surface area contributed by atoms with Crippen LogP contribution in [0.5, 0.6) is 5.75 Å². The molecule has 0 aliphatic carbocycles. The van der Waals surface area contributed by atoms with Gasteiger partial charge in [-0.3, -0.25) is 9.78 Å². The molecule has 1 N–H and O–H groups in total. The Kier molecular flexibility index (Phi) is 2.60. The molecule has 1 unspecified atom stereocenters. The first-order valence-electron chi connectivity index (χ1n) is 5.27. The lowest BCUT2D eigenvalue weighted by Gasteiger charge is -2.25. The van der Waals surface area contributed by atoms with Gasteiger partial charge in [0, 0.05) is 30.2 Å². The molecule has 0 saturated carbocycles. The zero-order chi connectivity index (χ0) is 12.5. The van der Waals surface area contributed by atoms with Gasteiger partial charge in [-0.15, -0.1) is 0 Å². The van der Waals surface area contributed by atoms with Crippen molar-refractivity contribution in [2.75, 3.05) is 5.32 Å². The van der Waals surface area contributed by atoms with Crippen molar-refractivity contribution in [3.8, 4) is 5.75 Å². The molecule has 1 aliphatic rings. The van der Waals surface area contributed by atoms with Gasteiger partial charge in [-0.25, -0.2) is 4.98 Å². The van der Waals surface area contributed by atoms with Crippen LogP contribution < -0.4 is 10.1 Å². The fourth-order valence-electron chi connectivity index (χ4n) is 1.72. The van der Waals surface area contributed by atoms with Crippen molar-refractivity contribution in [1.82, 2.24) is 9.97 Å². The summed E-state index contributed by atoms with van der Waals surface area (Å²) in [6, 6.07) is 5.08. The van der Waals surface area contributed by atoms with Crippen LogP contribution in [0.15, 0.2) is 36.8 Å². The molecule has 0 aromatic carbocycles. The van der Waals surface area contributed by atoms with Gasteiger partial charge in [0.25, 0.3) is 5.91 Å². The smallest absolute Gasteiger partial charge is 0.271 e. The van der Waals surface area contributed by atoms with Gasteiger partial charge in [0.2, 0.25) is 6.10 Å². The summed E-state index contributed by atoms with van der Waals surface area (Å²) in [5.41, 5.74) is 0.730. The molecular weight excluding hydrogens is 254 g/mol. The van der Waals surface area contributed by atoms with E-state index in [0.29, 0.717) is 16.6 Å². The maximum Gasteiger partial charge on any atom is 0.271 e. The highest BCUT2D eigenvalue weighted by Crippen LogP contribution is 2.34. The average Bonchev–Trinajstić information content (AvgIpc) is 2.39. The molecule has 0 fully saturated rings. The summed E-state index contributed by atoms with van der Waals surface area (Å²) in [7, 11) is 0. The van der Waals surface area contributed by atoms with Crippen molar-refractivity contribution >= 4 is 23.3 Å². The lowest BCUT2D eigenvalue weighted by Crippen LogP contribution is -2.30. The van der Waals surface area contributed by atoms with E-state index in [0.717, 1.165) is 5.56 Å². The summed E-state index contributed by atoms with van der Waals surface area (Å²) < 4.78 is 5.62. The number of carbonyl (C=O) groups excluding carboxylic acids is 1. The summed E-state index contributed by atoms with van der Waals surface area (Å²) >= 11 is 5.84. The van der Waals surface area contributed by atoms with E-state index in [4.69, 9.17) is 16.3 Å². The summed E-state index contributed by atoms with van der Waals surface area (Å²) in [6.07, 6.45) is 3.97. The summed E-state index contributed by atoms with van der Waals surface area (Å²) in [6.45, 7) is 0. The number of halogens is 1. The van der Waals surface area contributed by atoms with Crippen LogP contribution in [0.4, 0.5) is 5.82 Å². The number of nitrogens with zero attached hydrogens (tertiary/aromatic N) is 2. The second-order valence-electron chi connectivity index (χ2n) is 3.77. The second kappa shape index (κ2) is 4.27. The van der Waals surface area contributed by atoms with E-state index in [1.807, 2.05) is 0 Å². The van der Waals surface area contributed by atoms with E-state index in [1.165, 1.54) is 6.20 Å². The predicted molar refractivity (Wildman–Crippen MR) is 65.5 cm³/mol. The van der Waals surface area contributed by atoms with Gasteiger partial charge in [-0.2, -0.15) is 0 Å². The molecule has 3 rings (SSSR count). The van der Waals surface area contributed by atoms with Crippen LogP contribution in [0, 0.1) is 0 Å². The number of amides is 1. The molecule has 5 nitrogen and oxygen atoms in total. The molecule has 18 heavy (non-hydrogen) atoms. The minimum absolute atomic E-state index is 0.261. The number of ether oxygens (including phenoxy) is 1. The molecule has 2 aromatic rings. The third-order valence-electron chi connectivity index (χ3n) is 2.55. The molecule has 0 saturated heterocycles. The van der Waals surface area contributed by atoms with Crippen LogP contribution in [-0.2, 0) is 4.79 Å². The van der Waals surface area contributed by atoms with Crippen molar-refractivity contribution in [3.05, 3.63) is 47.4 Å². The Hall–Kier alpha value is -2.14. The van der Waals surface area contributed by atoms with Gasteiger partial charge in [0.1, 0.15) is 0 Å². The van der Waals surface area contributed by atoms with E-state index in [-0.39, 0.29) is 5.91 Å². The third kappa shape index (κ3) is 1.89. The maximum absolute atomic E-state index is 11.9. The number of carbonyl (C=O) groups is 1. The molecule has 90 valence electrons. The van der Waals surface area contributed by atoms with Gasteiger partial charge >= 0.3 is 0 Å². The highest BCUT2D eigenvalue weighted by Gasteiger charge is 2.29. The first-order chi connectivity index (χ1) is 8.74. The van der Waals surface area contributed by atoms with Gasteiger partial charge in [0.15, 0.2) is 11.6 Å². The molecule has 1 aliphatic heterocycles. The zero-order valence-electron chi connectivity index (χ0n) is 9.13. The SMILES string of the molecule is O=C1Nc2ncc(Cl)cc2OC1c1ccncc1. The van der Waals surface area contributed by atoms with E-state index in [9.17, 15) is 4.79 Å². The quantitative estimate of drug-likeness (QED) is 0.855. The number of fused-ring (bicyclic) bond motifs is 1. The van der Waals surface area contributed by atoms with Crippen LogP contribution in [0.25, 0.3) is 0 Å². The largest absolute Gasteiger partial charge is 0.472 e. The van der Waals surface area contributed by atoms with Crippen molar-refractivity contribution in [2.24, 2.45) is 0 Å². The van der Waals surface area contributed by atoms with Crippen molar-refractivity contribution in [2.45, 2.75) is 6.10 Å². The number of hydrogen-bond donors (Lipinski definition) is 1. The number of anilines is 1.